The standard InChI is InChI=1S/C12H20N2O3.ClH/c1-4-9-5-6-11(17-9)10(7-16-3)14-12(15)8(2)13;/h5-6,8,10H,4,7,13H2,1-3H3,(H,14,15);1H. The molecule has 1 heterocycles. The number of carbonyl (C=O) groups is 1. The number of nitrogens with one attached hydrogen (secondary N) is 1. The fraction of sp³-hybridized carbons (Fsp3) is 0.583. The maximum atomic E-state index is 11.5. The van der Waals surface area contributed by atoms with E-state index in [0.29, 0.717) is 12.4 Å². The maximum absolute atomic E-state index is 11.5. The summed E-state index contributed by atoms with van der Waals surface area (Å²) >= 11 is 0. The van der Waals surface area contributed by atoms with Crippen LogP contribution in [0.3, 0.4) is 0 Å². The summed E-state index contributed by atoms with van der Waals surface area (Å²) in [5.74, 6) is 1.36. The van der Waals surface area contributed by atoms with Gasteiger partial charge in [0.1, 0.15) is 17.6 Å². The van der Waals surface area contributed by atoms with Crippen LogP contribution in [0.15, 0.2) is 16.5 Å². The van der Waals surface area contributed by atoms with Crippen molar-refractivity contribution in [2.45, 2.75) is 32.4 Å². The Morgan fingerprint density at radius 1 is 1.56 bits per heavy atom. The molecule has 0 radical (unpaired) electrons. The molecule has 0 saturated heterocycles. The van der Waals surface area contributed by atoms with Gasteiger partial charge in [-0.3, -0.25) is 4.79 Å². The molecule has 0 saturated carbocycles. The fourth-order valence-electron chi connectivity index (χ4n) is 1.44. The molecule has 3 N–H and O–H groups in total. The van der Waals surface area contributed by atoms with E-state index in [1.165, 1.54) is 0 Å². The van der Waals surface area contributed by atoms with Crippen LogP contribution in [-0.2, 0) is 16.0 Å². The summed E-state index contributed by atoms with van der Waals surface area (Å²) in [6, 6.07) is 2.91. The number of aryl methyl sites for hydroxylation is 1. The first-order valence-electron chi connectivity index (χ1n) is 5.72. The number of halogens is 1. The lowest BCUT2D eigenvalue weighted by atomic mass is 10.2. The van der Waals surface area contributed by atoms with Gasteiger partial charge in [-0.1, -0.05) is 6.92 Å². The molecule has 0 aliphatic heterocycles. The summed E-state index contributed by atoms with van der Waals surface area (Å²) in [4.78, 5) is 11.5. The molecule has 1 rings (SSSR count). The molecule has 2 unspecified atom stereocenters. The largest absolute Gasteiger partial charge is 0.464 e. The number of hydrogen-bond acceptors (Lipinski definition) is 4. The Balaban J connectivity index is 0.00000289. The highest BCUT2D eigenvalue weighted by molar-refractivity contribution is 5.85. The van der Waals surface area contributed by atoms with E-state index in [9.17, 15) is 4.79 Å². The van der Waals surface area contributed by atoms with E-state index in [1.54, 1.807) is 14.0 Å². The first-order chi connectivity index (χ1) is 8.08. The van der Waals surface area contributed by atoms with Crippen molar-refractivity contribution in [3.8, 4) is 0 Å². The Morgan fingerprint density at radius 3 is 2.67 bits per heavy atom. The fourth-order valence-corrected chi connectivity index (χ4v) is 1.44. The third kappa shape index (κ3) is 4.68. The van der Waals surface area contributed by atoms with Crippen molar-refractivity contribution in [1.29, 1.82) is 0 Å². The summed E-state index contributed by atoms with van der Waals surface area (Å²) in [6.07, 6.45) is 0.820. The number of nitrogens with two attached hydrogens (primary N) is 1. The number of methoxy groups -OCH3 is 1. The van der Waals surface area contributed by atoms with Gasteiger partial charge in [0.05, 0.1) is 12.6 Å². The Kier molecular flexibility index (Phi) is 7.66. The van der Waals surface area contributed by atoms with Crippen LogP contribution in [0, 0.1) is 0 Å². The summed E-state index contributed by atoms with van der Waals surface area (Å²) in [5, 5.41) is 2.79. The zero-order valence-electron chi connectivity index (χ0n) is 10.9. The predicted octanol–water partition coefficient (Wildman–Crippen LogP) is 1.41. The molecule has 0 aromatic carbocycles. The number of carbonyl (C=O) groups excluding carboxylic acids is 1. The minimum Gasteiger partial charge on any atom is -0.464 e. The smallest absolute Gasteiger partial charge is 0.237 e. The second kappa shape index (κ2) is 8.13. The zero-order valence-corrected chi connectivity index (χ0v) is 11.8. The van der Waals surface area contributed by atoms with Crippen molar-refractivity contribution in [3.05, 3.63) is 23.7 Å². The van der Waals surface area contributed by atoms with Gasteiger partial charge in [-0.15, -0.1) is 12.4 Å². The zero-order chi connectivity index (χ0) is 12.8. The van der Waals surface area contributed by atoms with Crippen LogP contribution in [-0.4, -0.2) is 25.7 Å². The monoisotopic (exact) mass is 276 g/mol. The van der Waals surface area contributed by atoms with E-state index in [2.05, 4.69) is 5.32 Å². The molecule has 0 aliphatic rings. The van der Waals surface area contributed by atoms with Gasteiger partial charge < -0.3 is 20.2 Å². The molecular formula is C12H21ClN2O3. The molecule has 104 valence electrons. The van der Waals surface area contributed by atoms with Crippen LogP contribution < -0.4 is 11.1 Å². The highest BCUT2D eigenvalue weighted by Gasteiger charge is 2.19. The lowest BCUT2D eigenvalue weighted by molar-refractivity contribution is -0.123. The molecule has 2 atom stereocenters. The Labute approximate surface area is 113 Å². The van der Waals surface area contributed by atoms with E-state index in [-0.39, 0.29) is 24.4 Å². The normalized spacial score (nSPS) is 13.6. The molecule has 18 heavy (non-hydrogen) atoms. The van der Waals surface area contributed by atoms with Gasteiger partial charge in [-0.25, -0.2) is 0 Å². The van der Waals surface area contributed by atoms with Crippen molar-refractivity contribution >= 4 is 18.3 Å². The van der Waals surface area contributed by atoms with Gasteiger partial charge in [0, 0.05) is 13.5 Å². The van der Waals surface area contributed by atoms with E-state index in [0.717, 1.165) is 12.2 Å². The Hall–Kier alpha value is -1.04. The third-order valence-corrected chi connectivity index (χ3v) is 2.44. The molecule has 0 bridgehead atoms. The number of furan rings is 1. The first-order valence-corrected chi connectivity index (χ1v) is 5.72. The number of ether oxygens (including phenoxy) is 1. The SMILES string of the molecule is CCc1ccc(C(COC)NC(=O)C(C)N)o1.Cl. The lowest BCUT2D eigenvalue weighted by Gasteiger charge is -2.17. The van der Waals surface area contributed by atoms with Gasteiger partial charge in [-0.2, -0.15) is 0 Å². The quantitative estimate of drug-likeness (QED) is 0.824. The molecule has 0 spiro atoms. The molecule has 1 aromatic rings. The van der Waals surface area contributed by atoms with Gasteiger partial charge in [0.25, 0.3) is 0 Å². The summed E-state index contributed by atoms with van der Waals surface area (Å²) in [5.41, 5.74) is 5.51. The Bertz CT molecular complexity index is 366. The summed E-state index contributed by atoms with van der Waals surface area (Å²) < 4.78 is 10.7. The third-order valence-electron chi connectivity index (χ3n) is 2.44. The molecule has 1 amide bonds. The first kappa shape index (κ1) is 17.0. The average Bonchev–Trinajstić information content (AvgIpc) is 2.76. The van der Waals surface area contributed by atoms with Crippen LogP contribution in [0.5, 0.6) is 0 Å². The van der Waals surface area contributed by atoms with Crippen LogP contribution in [0.1, 0.15) is 31.4 Å². The maximum Gasteiger partial charge on any atom is 0.237 e. The second-order valence-corrected chi connectivity index (χ2v) is 3.96. The van der Waals surface area contributed by atoms with Crippen molar-refractivity contribution in [3.63, 3.8) is 0 Å². The molecule has 0 fully saturated rings. The van der Waals surface area contributed by atoms with Crippen molar-refractivity contribution in [2.24, 2.45) is 5.73 Å². The van der Waals surface area contributed by atoms with Crippen LogP contribution in [0.4, 0.5) is 0 Å². The van der Waals surface area contributed by atoms with E-state index >= 15 is 0 Å². The molecule has 1 aromatic heterocycles. The number of hydrogen-bond donors (Lipinski definition) is 2. The summed E-state index contributed by atoms with van der Waals surface area (Å²) in [7, 11) is 1.58. The minimum atomic E-state index is -0.546. The second-order valence-electron chi connectivity index (χ2n) is 3.96. The number of rotatable bonds is 6. The van der Waals surface area contributed by atoms with Crippen molar-refractivity contribution < 1.29 is 13.9 Å². The van der Waals surface area contributed by atoms with Gasteiger partial charge in [0.2, 0.25) is 5.91 Å². The average molecular weight is 277 g/mol. The van der Waals surface area contributed by atoms with Gasteiger partial charge in [-0.05, 0) is 19.1 Å². The van der Waals surface area contributed by atoms with E-state index < -0.39 is 6.04 Å². The highest BCUT2D eigenvalue weighted by Crippen LogP contribution is 2.17. The van der Waals surface area contributed by atoms with Gasteiger partial charge in [0.15, 0.2) is 0 Å². The molecular weight excluding hydrogens is 256 g/mol. The topological polar surface area (TPSA) is 77.5 Å². The van der Waals surface area contributed by atoms with E-state index in [4.69, 9.17) is 14.9 Å². The molecule has 0 aliphatic carbocycles. The molecule has 5 nitrogen and oxygen atoms in total. The lowest BCUT2D eigenvalue weighted by Crippen LogP contribution is -2.41. The summed E-state index contributed by atoms with van der Waals surface area (Å²) in [6.45, 7) is 4.00. The van der Waals surface area contributed by atoms with Crippen molar-refractivity contribution in [1.82, 2.24) is 5.32 Å². The Morgan fingerprint density at radius 2 is 2.22 bits per heavy atom. The molecule has 6 heteroatoms. The van der Waals surface area contributed by atoms with Crippen LogP contribution in [0.2, 0.25) is 0 Å². The highest BCUT2D eigenvalue weighted by atomic mass is 35.5. The predicted molar refractivity (Wildman–Crippen MR) is 71.7 cm³/mol. The minimum absolute atomic E-state index is 0. The number of amides is 1. The van der Waals surface area contributed by atoms with Crippen molar-refractivity contribution in [2.75, 3.05) is 13.7 Å². The van der Waals surface area contributed by atoms with E-state index in [1.807, 2.05) is 19.1 Å². The van der Waals surface area contributed by atoms with Gasteiger partial charge >= 0.3 is 0 Å². The van der Waals surface area contributed by atoms with Crippen LogP contribution >= 0.6 is 12.4 Å². The van der Waals surface area contributed by atoms with Crippen LogP contribution in [0.25, 0.3) is 0 Å².